The molecule has 2 aromatic heterocycles. The van der Waals surface area contributed by atoms with E-state index in [0.29, 0.717) is 25.2 Å². The molecular weight excluding hydrogens is 404 g/mol. The summed E-state index contributed by atoms with van der Waals surface area (Å²) in [7, 11) is -3.64. The molecule has 1 aromatic carbocycles. The molecule has 0 saturated carbocycles. The maximum atomic E-state index is 13.0. The number of hydrogen-bond acceptors (Lipinski definition) is 5. The van der Waals surface area contributed by atoms with Crippen molar-refractivity contribution in [2.45, 2.75) is 18.2 Å². The number of fused-ring (bicyclic) bond motifs is 1. The molecule has 0 unspecified atom stereocenters. The number of aromatic nitrogens is 2. The van der Waals surface area contributed by atoms with Crippen LogP contribution < -0.4 is 5.56 Å². The van der Waals surface area contributed by atoms with Crippen LogP contribution >= 0.6 is 0 Å². The second-order valence-electron chi connectivity index (χ2n) is 7.27. The van der Waals surface area contributed by atoms with Crippen LogP contribution in [0.4, 0.5) is 0 Å². The highest BCUT2D eigenvalue weighted by molar-refractivity contribution is 7.89. The van der Waals surface area contributed by atoms with Gasteiger partial charge in [-0.25, -0.2) is 13.4 Å². The normalized spacial score (nSPS) is 15.8. The Morgan fingerprint density at radius 2 is 1.77 bits per heavy atom. The number of carbonyl (C=O) groups excluding carboxylic acids is 1. The number of benzene rings is 1. The van der Waals surface area contributed by atoms with E-state index in [4.69, 9.17) is 0 Å². The summed E-state index contributed by atoms with van der Waals surface area (Å²) in [5.41, 5.74) is 0.995. The lowest BCUT2D eigenvalue weighted by Gasteiger charge is -2.22. The third-order valence-corrected chi connectivity index (χ3v) is 7.16. The van der Waals surface area contributed by atoms with Gasteiger partial charge in [0.1, 0.15) is 11.2 Å². The minimum atomic E-state index is -3.64. The van der Waals surface area contributed by atoms with Crippen molar-refractivity contribution < 1.29 is 13.2 Å². The SMILES string of the molecule is Cc1ccc(S(=O)(=O)N2CCCN(C(=O)c3cnc4ccccn4c3=O)CC2)cc1. The summed E-state index contributed by atoms with van der Waals surface area (Å²) in [5, 5.41) is 0. The van der Waals surface area contributed by atoms with E-state index in [0.717, 1.165) is 5.56 Å². The number of amides is 1. The Hall–Kier alpha value is -3.04. The van der Waals surface area contributed by atoms with E-state index in [1.165, 1.54) is 19.8 Å². The zero-order valence-corrected chi connectivity index (χ0v) is 17.4. The van der Waals surface area contributed by atoms with Gasteiger partial charge in [0, 0.05) is 38.6 Å². The molecule has 9 heteroatoms. The highest BCUT2D eigenvalue weighted by Crippen LogP contribution is 2.19. The first-order valence-corrected chi connectivity index (χ1v) is 11.1. The Morgan fingerprint density at radius 1 is 1.00 bits per heavy atom. The Morgan fingerprint density at radius 3 is 2.53 bits per heavy atom. The zero-order chi connectivity index (χ0) is 21.3. The molecule has 1 saturated heterocycles. The Bertz CT molecular complexity index is 1250. The topological polar surface area (TPSA) is 92.1 Å². The first-order valence-electron chi connectivity index (χ1n) is 9.70. The van der Waals surface area contributed by atoms with E-state index in [1.807, 2.05) is 6.92 Å². The molecule has 1 aliphatic heterocycles. The second-order valence-corrected chi connectivity index (χ2v) is 9.21. The summed E-state index contributed by atoms with van der Waals surface area (Å²) in [6, 6.07) is 11.9. The fourth-order valence-corrected chi connectivity index (χ4v) is 5.01. The van der Waals surface area contributed by atoms with E-state index in [2.05, 4.69) is 4.98 Å². The lowest BCUT2D eigenvalue weighted by atomic mass is 10.2. The summed E-state index contributed by atoms with van der Waals surface area (Å²) in [6.07, 6.45) is 3.35. The van der Waals surface area contributed by atoms with E-state index < -0.39 is 21.5 Å². The highest BCUT2D eigenvalue weighted by atomic mass is 32.2. The molecule has 156 valence electrons. The molecule has 1 amide bonds. The number of sulfonamides is 1. The van der Waals surface area contributed by atoms with Crippen molar-refractivity contribution in [3.63, 3.8) is 0 Å². The number of nitrogens with zero attached hydrogens (tertiary/aromatic N) is 4. The highest BCUT2D eigenvalue weighted by Gasteiger charge is 2.29. The molecule has 0 N–H and O–H groups in total. The van der Waals surface area contributed by atoms with Crippen LogP contribution in [0.25, 0.3) is 5.65 Å². The third-order valence-electron chi connectivity index (χ3n) is 5.24. The van der Waals surface area contributed by atoms with Gasteiger partial charge in [0.05, 0.1) is 4.90 Å². The minimum Gasteiger partial charge on any atom is -0.337 e. The molecule has 1 aliphatic rings. The van der Waals surface area contributed by atoms with Crippen molar-refractivity contribution in [1.82, 2.24) is 18.6 Å². The van der Waals surface area contributed by atoms with Crippen molar-refractivity contribution in [3.05, 3.63) is 76.3 Å². The molecule has 0 radical (unpaired) electrons. The quantitative estimate of drug-likeness (QED) is 0.634. The second kappa shape index (κ2) is 8.00. The lowest BCUT2D eigenvalue weighted by molar-refractivity contribution is 0.0762. The molecule has 0 aliphatic carbocycles. The number of aryl methyl sites for hydroxylation is 1. The van der Waals surface area contributed by atoms with Crippen LogP contribution in [0.15, 0.2) is 64.5 Å². The Labute approximate surface area is 174 Å². The van der Waals surface area contributed by atoms with E-state index >= 15 is 0 Å². The maximum absolute atomic E-state index is 13.0. The van der Waals surface area contributed by atoms with Crippen molar-refractivity contribution in [3.8, 4) is 0 Å². The minimum absolute atomic E-state index is 0.0199. The van der Waals surface area contributed by atoms with Crippen molar-refractivity contribution in [2.75, 3.05) is 26.2 Å². The average Bonchev–Trinajstić information content (AvgIpc) is 3.01. The van der Waals surface area contributed by atoms with Gasteiger partial charge in [-0.2, -0.15) is 4.31 Å². The van der Waals surface area contributed by atoms with Gasteiger partial charge >= 0.3 is 0 Å². The van der Waals surface area contributed by atoms with Crippen molar-refractivity contribution in [1.29, 1.82) is 0 Å². The molecule has 3 heterocycles. The molecule has 0 spiro atoms. The van der Waals surface area contributed by atoms with E-state index in [9.17, 15) is 18.0 Å². The van der Waals surface area contributed by atoms with Gasteiger partial charge in [0.15, 0.2) is 0 Å². The van der Waals surface area contributed by atoms with Crippen LogP contribution in [0.2, 0.25) is 0 Å². The molecule has 3 aromatic rings. The van der Waals surface area contributed by atoms with Gasteiger partial charge in [0.2, 0.25) is 10.0 Å². The summed E-state index contributed by atoms with van der Waals surface area (Å²) in [6.45, 7) is 2.96. The molecular formula is C21H22N4O4S. The summed E-state index contributed by atoms with van der Waals surface area (Å²) >= 11 is 0. The third kappa shape index (κ3) is 3.73. The standard InChI is InChI=1S/C21H22N4O4S/c1-16-6-8-17(9-7-16)30(28,29)24-11-4-10-23(13-14-24)20(26)18-15-22-19-5-2-3-12-25(19)21(18)27/h2-3,5-9,12,15H,4,10-11,13-14H2,1H3. The predicted molar refractivity (Wildman–Crippen MR) is 112 cm³/mol. The first-order chi connectivity index (χ1) is 14.4. The summed E-state index contributed by atoms with van der Waals surface area (Å²) in [4.78, 5) is 31.6. The zero-order valence-electron chi connectivity index (χ0n) is 16.6. The lowest BCUT2D eigenvalue weighted by Crippen LogP contribution is -2.39. The average molecular weight is 426 g/mol. The van der Waals surface area contributed by atoms with Crippen molar-refractivity contribution in [2.24, 2.45) is 0 Å². The molecule has 30 heavy (non-hydrogen) atoms. The van der Waals surface area contributed by atoms with Gasteiger partial charge in [0.25, 0.3) is 11.5 Å². The summed E-state index contributed by atoms with van der Waals surface area (Å²) in [5.74, 6) is -0.430. The van der Waals surface area contributed by atoms with Gasteiger partial charge in [-0.15, -0.1) is 0 Å². The predicted octanol–water partition coefficient (Wildman–Crippen LogP) is 1.54. The monoisotopic (exact) mass is 426 g/mol. The van der Waals surface area contributed by atoms with Crippen LogP contribution in [-0.2, 0) is 10.0 Å². The van der Waals surface area contributed by atoms with Crippen molar-refractivity contribution >= 4 is 21.6 Å². The van der Waals surface area contributed by atoms with Gasteiger partial charge in [-0.05, 0) is 37.6 Å². The maximum Gasteiger partial charge on any atom is 0.270 e. The molecule has 0 atom stereocenters. The van der Waals surface area contributed by atoms with E-state index in [-0.39, 0.29) is 23.5 Å². The number of rotatable bonds is 3. The fraction of sp³-hybridized carbons (Fsp3) is 0.286. The Balaban J connectivity index is 1.54. The summed E-state index contributed by atoms with van der Waals surface area (Å²) < 4.78 is 28.6. The van der Waals surface area contributed by atoms with Crippen LogP contribution in [0.1, 0.15) is 22.3 Å². The van der Waals surface area contributed by atoms with Crippen LogP contribution in [0.3, 0.4) is 0 Å². The van der Waals surface area contributed by atoms with E-state index in [1.54, 1.807) is 48.7 Å². The van der Waals surface area contributed by atoms with Crippen LogP contribution in [-0.4, -0.2) is 59.1 Å². The first kappa shape index (κ1) is 20.2. The van der Waals surface area contributed by atoms with Crippen LogP contribution in [0.5, 0.6) is 0 Å². The molecule has 8 nitrogen and oxygen atoms in total. The number of pyridine rings is 1. The largest absolute Gasteiger partial charge is 0.337 e. The van der Waals surface area contributed by atoms with Gasteiger partial charge < -0.3 is 4.90 Å². The van der Waals surface area contributed by atoms with Gasteiger partial charge in [-0.3, -0.25) is 14.0 Å². The van der Waals surface area contributed by atoms with Gasteiger partial charge in [-0.1, -0.05) is 23.8 Å². The molecule has 4 rings (SSSR count). The fourth-order valence-electron chi connectivity index (χ4n) is 3.54. The molecule has 1 fully saturated rings. The molecule has 0 bridgehead atoms. The Kier molecular flexibility index (Phi) is 5.40. The van der Waals surface area contributed by atoms with Crippen LogP contribution in [0, 0.1) is 6.92 Å². The smallest absolute Gasteiger partial charge is 0.270 e. The number of carbonyl (C=O) groups is 1. The number of hydrogen-bond donors (Lipinski definition) is 0.